The van der Waals surface area contributed by atoms with Crippen LogP contribution in [0.1, 0.15) is 36.2 Å². The van der Waals surface area contributed by atoms with Gasteiger partial charge in [0.05, 0.1) is 5.56 Å². The number of likely N-dealkylation sites (tertiary alicyclic amines) is 1. The highest BCUT2D eigenvalue weighted by Crippen LogP contribution is 2.23. The zero-order valence-corrected chi connectivity index (χ0v) is 12.4. The van der Waals surface area contributed by atoms with Gasteiger partial charge in [0.2, 0.25) is 0 Å². The van der Waals surface area contributed by atoms with Crippen molar-refractivity contribution in [3.63, 3.8) is 0 Å². The average Bonchev–Trinajstić information content (AvgIpc) is 2.43. The topological polar surface area (TPSA) is 40.5 Å². The Bertz CT molecular complexity index is 578. The molecule has 4 heteroatoms. The van der Waals surface area contributed by atoms with Crippen molar-refractivity contribution in [1.82, 2.24) is 4.90 Å². The summed E-state index contributed by atoms with van der Waals surface area (Å²) >= 11 is 0. The zero-order chi connectivity index (χ0) is 15.4. The summed E-state index contributed by atoms with van der Waals surface area (Å²) in [4.78, 5) is 14.2. The molecular formula is C17H20FNO2. The van der Waals surface area contributed by atoms with Crippen molar-refractivity contribution in [3.8, 4) is 11.8 Å². The second-order valence-corrected chi connectivity index (χ2v) is 5.81. The SMILES string of the molecule is CC1CC(C)CN(C(=O)c2ccc(C#CCO)cc2F)C1. The minimum atomic E-state index is -0.560. The van der Waals surface area contributed by atoms with Gasteiger partial charge in [-0.2, -0.15) is 0 Å². The first-order valence-corrected chi connectivity index (χ1v) is 7.19. The molecule has 0 radical (unpaired) electrons. The third-order valence-corrected chi connectivity index (χ3v) is 3.67. The number of hydrogen-bond donors (Lipinski definition) is 1. The van der Waals surface area contributed by atoms with Gasteiger partial charge in [-0.3, -0.25) is 4.79 Å². The normalized spacial score (nSPS) is 21.6. The molecule has 2 rings (SSSR count). The van der Waals surface area contributed by atoms with Crippen LogP contribution in [0.2, 0.25) is 0 Å². The molecular weight excluding hydrogens is 269 g/mol. The second kappa shape index (κ2) is 6.73. The van der Waals surface area contributed by atoms with Crippen LogP contribution in [0, 0.1) is 29.5 Å². The number of aliphatic hydroxyl groups excluding tert-OH is 1. The van der Waals surface area contributed by atoms with Crippen LogP contribution >= 0.6 is 0 Å². The summed E-state index contributed by atoms with van der Waals surface area (Å²) in [5.41, 5.74) is 0.546. The zero-order valence-electron chi connectivity index (χ0n) is 12.4. The number of amides is 1. The van der Waals surface area contributed by atoms with Gasteiger partial charge in [-0.1, -0.05) is 25.7 Å². The van der Waals surface area contributed by atoms with Crippen LogP contribution in [0.15, 0.2) is 18.2 Å². The summed E-state index contributed by atoms with van der Waals surface area (Å²) in [5.74, 6) is 5.15. The predicted molar refractivity (Wildman–Crippen MR) is 79.2 cm³/mol. The van der Waals surface area contributed by atoms with Crippen LogP contribution in [0.25, 0.3) is 0 Å². The van der Waals surface area contributed by atoms with Crippen LogP contribution in [-0.4, -0.2) is 35.6 Å². The molecule has 0 saturated carbocycles. The van der Waals surface area contributed by atoms with Crippen molar-refractivity contribution in [2.75, 3.05) is 19.7 Å². The maximum absolute atomic E-state index is 14.1. The highest BCUT2D eigenvalue weighted by atomic mass is 19.1. The minimum absolute atomic E-state index is 0.0887. The van der Waals surface area contributed by atoms with E-state index in [0.717, 1.165) is 6.42 Å². The number of rotatable bonds is 1. The molecule has 0 aliphatic carbocycles. The fourth-order valence-corrected chi connectivity index (χ4v) is 2.91. The number of carbonyl (C=O) groups is 1. The lowest BCUT2D eigenvalue weighted by molar-refractivity contribution is 0.0618. The van der Waals surface area contributed by atoms with Crippen LogP contribution in [0.3, 0.4) is 0 Å². The Morgan fingerprint density at radius 2 is 2.05 bits per heavy atom. The van der Waals surface area contributed by atoms with Crippen LogP contribution < -0.4 is 0 Å². The Morgan fingerprint density at radius 1 is 1.38 bits per heavy atom. The molecule has 3 nitrogen and oxygen atoms in total. The summed E-state index contributed by atoms with van der Waals surface area (Å²) in [6.07, 6.45) is 1.10. The van der Waals surface area contributed by atoms with Gasteiger partial charge in [-0.25, -0.2) is 4.39 Å². The van der Waals surface area contributed by atoms with Crippen molar-refractivity contribution >= 4 is 5.91 Å². The Hall–Kier alpha value is -1.86. The first-order chi connectivity index (χ1) is 10.0. The molecule has 1 aromatic carbocycles. The van der Waals surface area contributed by atoms with E-state index in [1.165, 1.54) is 12.1 Å². The van der Waals surface area contributed by atoms with Gasteiger partial charge in [0.1, 0.15) is 12.4 Å². The van der Waals surface area contributed by atoms with E-state index in [9.17, 15) is 9.18 Å². The molecule has 1 aromatic rings. The van der Waals surface area contributed by atoms with Gasteiger partial charge in [0.15, 0.2) is 0 Å². The molecule has 1 saturated heterocycles. The number of hydrogen-bond acceptors (Lipinski definition) is 2. The molecule has 2 unspecified atom stereocenters. The monoisotopic (exact) mass is 289 g/mol. The Labute approximate surface area is 124 Å². The van der Waals surface area contributed by atoms with Gasteiger partial charge in [-0.05, 0) is 36.5 Å². The van der Waals surface area contributed by atoms with E-state index in [4.69, 9.17) is 5.11 Å². The Kier molecular flexibility index (Phi) is 4.98. The van der Waals surface area contributed by atoms with E-state index in [-0.39, 0.29) is 18.1 Å². The molecule has 0 aromatic heterocycles. The molecule has 1 fully saturated rings. The van der Waals surface area contributed by atoms with Gasteiger partial charge in [0.25, 0.3) is 5.91 Å². The highest BCUT2D eigenvalue weighted by molar-refractivity contribution is 5.94. The third kappa shape index (κ3) is 3.83. The second-order valence-electron chi connectivity index (χ2n) is 5.81. The Morgan fingerprint density at radius 3 is 2.62 bits per heavy atom. The molecule has 1 N–H and O–H groups in total. The molecule has 112 valence electrons. The van der Waals surface area contributed by atoms with Gasteiger partial charge in [0, 0.05) is 18.7 Å². The summed E-state index contributed by atoms with van der Waals surface area (Å²) in [6, 6.07) is 4.32. The summed E-state index contributed by atoms with van der Waals surface area (Å²) in [6.45, 7) is 5.30. The number of piperidine rings is 1. The van der Waals surface area contributed by atoms with E-state index in [2.05, 4.69) is 25.7 Å². The molecule has 1 aliphatic rings. The van der Waals surface area contributed by atoms with Crippen molar-refractivity contribution in [3.05, 3.63) is 35.1 Å². The summed E-state index contributed by atoms with van der Waals surface area (Å²) < 4.78 is 14.1. The number of carbonyl (C=O) groups excluding carboxylic acids is 1. The highest BCUT2D eigenvalue weighted by Gasteiger charge is 2.27. The van der Waals surface area contributed by atoms with Crippen molar-refractivity contribution in [1.29, 1.82) is 0 Å². The summed E-state index contributed by atoms with van der Waals surface area (Å²) in [7, 11) is 0. The lowest BCUT2D eigenvalue weighted by atomic mass is 9.91. The smallest absolute Gasteiger partial charge is 0.256 e. The maximum Gasteiger partial charge on any atom is 0.256 e. The molecule has 1 amide bonds. The maximum atomic E-state index is 14.1. The molecule has 21 heavy (non-hydrogen) atoms. The van der Waals surface area contributed by atoms with Gasteiger partial charge >= 0.3 is 0 Å². The molecule has 0 spiro atoms. The third-order valence-electron chi connectivity index (χ3n) is 3.67. The quantitative estimate of drug-likeness (QED) is 0.806. The van der Waals surface area contributed by atoms with Crippen molar-refractivity contribution < 1.29 is 14.3 Å². The van der Waals surface area contributed by atoms with E-state index in [0.29, 0.717) is 30.5 Å². The molecule has 0 bridgehead atoms. The number of benzene rings is 1. The van der Waals surface area contributed by atoms with Crippen molar-refractivity contribution in [2.24, 2.45) is 11.8 Å². The van der Waals surface area contributed by atoms with Crippen LogP contribution in [0.5, 0.6) is 0 Å². The van der Waals surface area contributed by atoms with E-state index in [1.807, 2.05) is 0 Å². The van der Waals surface area contributed by atoms with Crippen molar-refractivity contribution in [2.45, 2.75) is 20.3 Å². The predicted octanol–water partition coefficient (Wildman–Crippen LogP) is 2.29. The first kappa shape index (κ1) is 15.5. The fourth-order valence-electron chi connectivity index (χ4n) is 2.91. The standard InChI is InChI=1S/C17H20FNO2/c1-12-8-13(2)11-19(10-12)17(21)15-6-5-14(4-3-7-20)9-16(15)18/h5-6,9,12-13,20H,7-8,10-11H2,1-2H3. The fraction of sp³-hybridized carbons (Fsp3) is 0.471. The molecule has 2 atom stereocenters. The number of nitrogens with zero attached hydrogens (tertiary/aromatic N) is 1. The largest absolute Gasteiger partial charge is 0.384 e. The number of halogens is 1. The lowest BCUT2D eigenvalue weighted by Crippen LogP contribution is -2.42. The average molecular weight is 289 g/mol. The number of aliphatic hydroxyl groups is 1. The lowest BCUT2D eigenvalue weighted by Gasteiger charge is -2.35. The van der Waals surface area contributed by atoms with E-state index in [1.54, 1.807) is 11.0 Å². The summed E-state index contributed by atoms with van der Waals surface area (Å²) in [5, 5.41) is 8.63. The van der Waals surface area contributed by atoms with Gasteiger partial charge in [-0.15, -0.1) is 0 Å². The van der Waals surface area contributed by atoms with Crippen LogP contribution in [-0.2, 0) is 0 Å². The van der Waals surface area contributed by atoms with Gasteiger partial charge < -0.3 is 10.0 Å². The van der Waals surface area contributed by atoms with E-state index < -0.39 is 5.82 Å². The Balaban J connectivity index is 2.19. The molecule has 1 aliphatic heterocycles. The molecule has 1 heterocycles. The first-order valence-electron chi connectivity index (χ1n) is 7.19. The van der Waals surface area contributed by atoms with Crippen LogP contribution in [0.4, 0.5) is 4.39 Å². The minimum Gasteiger partial charge on any atom is -0.384 e. The van der Waals surface area contributed by atoms with E-state index >= 15 is 0 Å².